The van der Waals surface area contributed by atoms with E-state index in [4.69, 9.17) is 26.1 Å². The second-order valence-electron chi connectivity index (χ2n) is 8.56. The fourth-order valence-corrected chi connectivity index (χ4v) is 3.72. The molecule has 4 rings (SSSR count). The van der Waals surface area contributed by atoms with Gasteiger partial charge in [0.05, 0.1) is 30.4 Å². The number of carbonyl (C=O) groups excluding carboxylic acids is 1. The van der Waals surface area contributed by atoms with Crippen LogP contribution in [0.2, 0.25) is 5.15 Å². The lowest BCUT2D eigenvalue weighted by atomic mass is 10.2. The summed E-state index contributed by atoms with van der Waals surface area (Å²) in [6.45, 7) is 6.68. The number of carbonyl (C=O) groups is 1. The molecule has 1 atom stereocenters. The Hall–Kier alpha value is -3.20. The number of methoxy groups -OCH3 is 1. The van der Waals surface area contributed by atoms with E-state index in [2.05, 4.69) is 20.3 Å². The van der Waals surface area contributed by atoms with Crippen LogP contribution in [0, 0.1) is 0 Å². The summed E-state index contributed by atoms with van der Waals surface area (Å²) in [7, 11) is 1.58. The van der Waals surface area contributed by atoms with E-state index in [1.54, 1.807) is 42.7 Å². The van der Waals surface area contributed by atoms with E-state index in [1.807, 2.05) is 20.8 Å². The molecule has 1 saturated heterocycles. The monoisotopic (exact) mass is 456 g/mol. The highest BCUT2D eigenvalue weighted by atomic mass is 35.5. The van der Waals surface area contributed by atoms with E-state index in [-0.39, 0.29) is 12.1 Å². The molecule has 0 aliphatic carbocycles. The normalized spacial score (nSPS) is 16.3. The smallest absolute Gasteiger partial charge is 0.410 e. The summed E-state index contributed by atoms with van der Waals surface area (Å²) >= 11 is 6.07. The molecule has 1 amide bonds. The molecule has 1 N–H and O–H groups in total. The number of hydrogen-bond donors (Lipinski definition) is 1. The van der Waals surface area contributed by atoms with Gasteiger partial charge in [-0.25, -0.2) is 19.7 Å². The predicted molar refractivity (Wildman–Crippen MR) is 122 cm³/mol. The van der Waals surface area contributed by atoms with E-state index >= 15 is 0 Å². The molecule has 3 aromatic rings. The Kier molecular flexibility index (Phi) is 6.01. The number of nitrogens with one attached hydrogen (secondary N) is 1. The van der Waals surface area contributed by atoms with Gasteiger partial charge >= 0.3 is 6.09 Å². The number of ether oxygens (including phenoxy) is 2. The van der Waals surface area contributed by atoms with Crippen molar-refractivity contribution in [3.05, 3.63) is 35.9 Å². The fraction of sp³-hybridized carbons (Fsp3) is 0.409. The van der Waals surface area contributed by atoms with Gasteiger partial charge in [-0.05, 0) is 39.3 Å². The Morgan fingerprint density at radius 3 is 2.81 bits per heavy atom. The minimum atomic E-state index is -0.535. The van der Waals surface area contributed by atoms with Crippen molar-refractivity contribution in [3.8, 4) is 17.1 Å². The maximum absolute atomic E-state index is 12.4. The van der Waals surface area contributed by atoms with Crippen LogP contribution in [0.3, 0.4) is 0 Å². The average molecular weight is 457 g/mol. The molecule has 168 valence electrons. The van der Waals surface area contributed by atoms with Gasteiger partial charge in [0.1, 0.15) is 22.3 Å². The van der Waals surface area contributed by atoms with Crippen molar-refractivity contribution < 1.29 is 14.3 Å². The van der Waals surface area contributed by atoms with Crippen LogP contribution in [-0.2, 0) is 4.74 Å². The van der Waals surface area contributed by atoms with Gasteiger partial charge < -0.3 is 19.7 Å². The zero-order chi connectivity index (χ0) is 22.9. The van der Waals surface area contributed by atoms with Crippen molar-refractivity contribution >= 4 is 34.4 Å². The number of fused-ring (bicyclic) bond motifs is 1. The number of rotatable bonds is 4. The summed E-state index contributed by atoms with van der Waals surface area (Å²) in [5.41, 5.74) is 0.832. The SMILES string of the molecule is COc1cncc2nc(-c3ccnc(Cl)c3)nc(NC3CCN(C(=O)OC(C)(C)C)C3)c12. The molecule has 1 aliphatic rings. The van der Waals surface area contributed by atoms with Crippen molar-refractivity contribution in [1.29, 1.82) is 0 Å². The molecule has 32 heavy (non-hydrogen) atoms. The summed E-state index contributed by atoms with van der Waals surface area (Å²) in [6.07, 6.45) is 5.34. The first-order valence-corrected chi connectivity index (χ1v) is 10.7. The van der Waals surface area contributed by atoms with Gasteiger partial charge in [0.15, 0.2) is 5.82 Å². The van der Waals surface area contributed by atoms with Crippen LogP contribution < -0.4 is 10.1 Å². The lowest BCUT2D eigenvalue weighted by Crippen LogP contribution is -2.36. The molecule has 9 nitrogen and oxygen atoms in total. The molecule has 0 bridgehead atoms. The van der Waals surface area contributed by atoms with Crippen LogP contribution in [0.1, 0.15) is 27.2 Å². The number of hydrogen-bond acceptors (Lipinski definition) is 8. The van der Waals surface area contributed by atoms with Gasteiger partial charge in [0.2, 0.25) is 0 Å². The Morgan fingerprint density at radius 1 is 1.28 bits per heavy atom. The molecule has 10 heteroatoms. The third kappa shape index (κ3) is 4.83. The zero-order valence-corrected chi connectivity index (χ0v) is 19.2. The maximum Gasteiger partial charge on any atom is 0.410 e. The number of pyridine rings is 2. The molecule has 1 fully saturated rings. The van der Waals surface area contributed by atoms with E-state index in [0.29, 0.717) is 41.2 Å². The highest BCUT2D eigenvalue weighted by molar-refractivity contribution is 6.29. The minimum Gasteiger partial charge on any atom is -0.494 e. The lowest BCUT2D eigenvalue weighted by molar-refractivity contribution is 0.0293. The summed E-state index contributed by atoms with van der Waals surface area (Å²) in [4.78, 5) is 31.8. The van der Waals surface area contributed by atoms with Crippen molar-refractivity contribution in [1.82, 2.24) is 24.8 Å². The fourth-order valence-electron chi connectivity index (χ4n) is 3.55. The number of likely N-dealkylation sites (tertiary alicyclic amines) is 1. The standard InChI is InChI=1S/C22H25ClN6O3/c1-22(2,3)32-21(30)29-8-6-14(12-29)26-20-18-15(10-24-11-16(18)31-4)27-19(28-20)13-5-7-25-17(23)9-13/h5,7,9-11,14H,6,8,12H2,1-4H3,(H,26,27,28). The molecule has 0 radical (unpaired) electrons. The Labute approximate surface area is 191 Å². The van der Waals surface area contributed by atoms with Gasteiger partial charge in [-0.15, -0.1) is 0 Å². The molecular formula is C22H25ClN6O3. The first-order valence-electron chi connectivity index (χ1n) is 10.3. The second kappa shape index (κ2) is 8.74. The molecule has 1 unspecified atom stereocenters. The number of amides is 1. The highest BCUT2D eigenvalue weighted by Gasteiger charge is 2.30. The molecule has 1 aliphatic heterocycles. The molecule has 0 saturated carbocycles. The van der Waals surface area contributed by atoms with E-state index < -0.39 is 5.60 Å². The first kappa shape index (κ1) is 22.0. The van der Waals surface area contributed by atoms with Crippen LogP contribution in [-0.4, -0.2) is 62.8 Å². The summed E-state index contributed by atoms with van der Waals surface area (Å²) < 4.78 is 11.0. The lowest BCUT2D eigenvalue weighted by Gasteiger charge is -2.24. The van der Waals surface area contributed by atoms with Crippen LogP contribution in [0.25, 0.3) is 22.3 Å². The van der Waals surface area contributed by atoms with Crippen LogP contribution in [0.4, 0.5) is 10.6 Å². The third-order valence-corrected chi connectivity index (χ3v) is 5.16. The van der Waals surface area contributed by atoms with Crippen molar-refractivity contribution in [2.24, 2.45) is 0 Å². The van der Waals surface area contributed by atoms with Crippen molar-refractivity contribution in [2.75, 3.05) is 25.5 Å². The molecular weight excluding hydrogens is 432 g/mol. The van der Waals surface area contributed by atoms with Crippen molar-refractivity contribution in [3.63, 3.8) is 0 Å². The molecule has 0 aromatic carbocycles. The van der Waals surface area contributed by atoms with Crippen LogP contribution in [0.15, 0.2) is 30.7 Å². The number of nitrogens with zero attached hydrogens (tertiary/aromatic N) is 5. The van der Waals surface area contributed by atoms with Crippen LogP contribution >= 0.6 is 11.6 Å². The van der Waals surface area contributed by atoms with E-state index in [1.165, 1.54) is 0 Å². The largest absolute Gasteiger partial charge is 0.494 e. The number of aromatic nitrogens is 4. The summed E-state index contributed by atoms with van der Waals surface area (Å²) in [6, 6.07) is 3.50. The van der Waals surface area contributed by atoms with E-state index in [0.717, 1.165) is 17.4 Å². The second-order valence-corrected chi connectivity index (χ2v) is 8.94. The Morgan fingerprint density at radius 2 is 2.09 bits per heavy atom. The zero-order valence-electron chi connectivity index (χ0n) is 18.4. The summed E-state index contributed by atoms with van der Waals surface area (Å²) in [5, 5.41) is 4.55. The highest BCUT2D eigenvalue weighted by Crippen LogP contribution is 2.33. The van der Waals surface area contributed by atoms with Crippen molar-refractivity contribution in [2.45, 2.75) is 38.8 Å². The third-order valence-electron chi connectivity index (χ3n) is 4.96. The minimum absolute atomic E-state index is 0.00707. The predicted octanol–water partition coefficient (Wildman–Crippen LogP) is 4.17. The van der Waals surface area contributed by atoms with Gasteiger partial charge in [-0.2, -0.15) is 0 Å². The van der Waals surface area contributed by atoms with E-state index in [9.17, 15) is 4.79 Å². The summed E-state index contributed by atoms with van der Waals surface area (Å²) in [5.74, 6) is 1.65. The first-order chi connectivity index (χ1) is 15.2. The Balaban J connectivity index is 1.66. The average Bonchev–Trinajstić information content (AvgIpc) is 3.20. The number of anilines is 1. The van der Waals surface area contributed by atoms with Gasteiger partial charge in [-0.1, -0.05) is 11.6 Å². The molecule has 0 spiro atoms. The topological polar surface area (TPSA) is 102 Å². The molecule has 3 aromatic heterocycles. The number of halogens is 1. The van der Waals surface area contributed by atoms with Gasteiger partial charge in [0.25, 0.3) is 0 Å². The molecule has 4 heterocycles. The quantitative estimate of drug-likeness (QED) is 0.583. The van der Waals surface area contributed by atoms with Gasteiger partial charge in [-0.3, -0.25) is 4.98 Å². The maximum atomic E-state index is 12.4. The Bertz CT molecular complexity index is 1150. The van der Waals surface area contributed by atoms with Crippen LogP contribution in [0.5, 0.6) is 5.75 Å². The van der Waals surface area contributed by atoms with Gasteiger partial charge in [0, 0.05) is 30.9 Å².